The number of carbonyl (C=O) groups excluding carboxylic acids is 3. The Bertz CT molecular complexity index is 1620. The number of allylic oxidation sites excluding steroid dienone is 2. The van der Waals surface area contributed by atoms with Gasteiger partial charge in [-0.2, -0.15) is 0 Å². The zero-order chi connectivity index (χ0) is 30.1. The van der Waals surface area contributed by atoms with E-state index in [1.165, 1.54) is 40.5 Å². The minimum absolute atomic E-state index is 0.0102. The van der Waals surface area contributed by atoms with E-state index in [1.54, 1.807) is 31.4 Å². The van der Waals surface area contributed by atoms with Gasteiger partial charge in [0.15, 0.2) is 5.78 Å². The van der Waals surface area contributed by atoms with Crippen LogP contribution in [0.5, 0.6) is 0 Å². The fraction of sp³-hybridized carbons (Fsp3) is 0.258. The first-order valence-electron chi connectivity index (χ1n) is 13.3. The maximum Gasteiger partial charge on any atom is 0.338 e. The van der Waals surface area contributed by atoms with Crippen LogP contribution in [0.3, 0.4) is 0 Å². The van der Waals surface area contributed by atoms with Crippen molar-refractivity contribution >= 4 is 34.7 Å². The van der Waals surface area contributed by atoms with Crippen molar-refractivity contribution in [2.75, 3.05) is 18.1 Å². The molecule has 0 amide bonds. The largest absolute Gasteiger partial charge is 0.465 e. The Morgan fingerprint density at radius 2 is 1.74 bits per heavy atom. The molecule has 0 spiro atoms. The van der Waals surface area contributed by atoms with Crippen molar-refractivity contribution < 1.29 is 37.0 Å². The highest BCUT2D eigenvalue weighted by atomic mass is 32.1. The van der Waals surface area contributed by atoms with E-state index in [0.29, 0.717) is 10.9 Å². The molecule has 3 aromatic rings. The first-order valence-corrected chi connectivity index (χ1v) is 14.2. The smallest absolute Gasteiger partial charge is 0.338 e. The van der Waals surface area contributed by atoms with Gasteiger partial charge in [-0.1, -0.05) is 24.3 Å². The van der Waals surface area contributed by atoms with E-state index in [4.69, 9.17) is 15.2 Å². The molecule has 2 N–H and O–H groups in total. The molecule has 1 aliphatic heterocycles. The van der Waals surface area contributed by atoms with Crippen molar-refractivity contribution in [3.8, 4) is 0 Å². The van der Waals surface area contributed by atoms with Crippen LogP contribution < -0.4 is 10.6 Å². The molecule has 3 atom stereocenters. The summed E-state index contributed by atoms with van der Waals surface area (Å²) >= 11 is 1.32. The van der Waals surface area contributed by atoms with Crippen LogP contribution in [0.2, 0.25) is 0 Å². The van der Waals surface area contributed by atoms with Crippen molar-refractivity contribution in [2.24, 2.45) is 11.7 Å². The van der Waals surface area contributed by atoms with Crippen LogP contribution in [0.25, 0.3) is 0 Å². The third kappa shape index (κ3) is 4.98. The van der Waals surface area contributed by atoms with E-state index in [9.17, 15) is 18.8 Å². The van der Waals surface area contributed by atoms with Crippen LogP contribution in [-0.4, -0.2) is 30.9 Å². The quantitative estimate of drug-likeness (QED) is 0.276. The number of benzene rings is 2. The average molecular weight is 597 g/mol. The SMILES string of the molecule is CCOC(=O)C1=C(N)N(c2ccc(F)cc2F)C2=C(C(=O)[C@@H](C(=O)OCC)[C@@H](c3cccs3)C2)[C@@H]1c1ccccc1F. The molecule has 1 aromatic heterocycles. The fourth-order valence-corrected chi connectivity index (χ4v) is 6.53. The summed E-state index contributed by atoms with van der Waals surface area (Å²) in [7, 11) is 0. The number of thiophene rings is 1. The van der Waals surface area contributed by atoms with Gasteiger partial charge in [-0.05, 0) is 49.9 Å². The van der Waals surface area contributed by atoms with Crippen molar-refractivity contribution in [3.05, 3.63) is 111 Å². The molecular formula is C31H27F3N2O5S. The number of anilines is 1. The molecule has 0 radical (unpaired) electrons. The van der Waals surface area contributed by atoms with Gasteiger partial charge < -0.3 is 15.2 Å². The van der Waals surface area contributed by atoms with Gasteiger partial charge in [-0.15, -0.1) is 11.3 Å². The molecule has 2 aromatic carbocycles. The molecule has 11 heteroatoms. The Balaban J connectivity index is 1.85. The van der Waals surface area contributed by atoms with Gasteiger partial charge in [-0.25, -0.2) is 18.0 Å². The third-order valence-corrected chi connectivity index (χ3v) is 8.35. The van der Waals surface area contributed by atoms with Crippen molar-refractivity contribution in [2.45, 2.75) is 32.1 Å². The van der Waals surface area contributed by atoms with Crippen molar-refractivity contribution in [1.82, 2.24) is 0 Å². The second kappa shape index (κ2) is 11.8. The number of nitrogens with zero attached hydrogens (tertiary/aromatic N) is 1. The summed E-state index contributed by atoms with van der Waals surface area (Å²) in [6, 6.07) is 11.9. The summed E-state index contributed by atoms with van der Waals surface area (Å²) in [4.78, 5) is 43.2. The second-order valence-electron chi connectivity index (χ2n) is 9.69. The lowest BCUT2D eigenvalue weighted by Crippen LogP contribution is -2.46. The number of ketones is 1. The van der Waals surface area contributed by atoms with Crippen LogP contribution >= 0.6 is 11.3 Å². The summed E-state index contributed by atoms with van der Waals surface area (Å²) in [5.74, 6) is -8.80. The molecule has 42 heavy (non-hydrogen) atoms. The second-order valence-corrected chi connectivity index (χ2v) is 10.7. The number of nitrogens with two attached hydrogens (primary N) is 1. The van der Waals surface area contributed by atoms with Gasteiger partial charge in [-0.3, -0.25) is 14.5 Å². The molecule has 0 saturated carbocycles. The number of ether oxygens (including phenoxy) is 2. The summed E-state index contributed by atoms with van der Waals surface area (Å²) in [6.07, 6.45) is -0.0242. The molecule has 1 aliphatic carbocycles. The number of halogens is 3. The van der Waals surface area contributed by atoms with E-state index in [1.807, 2.05) is 0 Å². The molecule has 0 fully saturated rings. The first kappa shape index (κ1) is 29.1. The maximum absolute atomic E-state index is 15.5. The maximum atomic E-state index is 15.5. The van der Waals surface area contributed by atoms with E-state index in [0.717, 1.165) is 12.1 Å². The van der Waals surface area contributed by atoms with Crippen LogP contribution in [0, 0.1) is 23.4 Å². The molecule has 2 heterocycles. The third-order valence-electron chi connectivity index (χ3n) is 7.35. The van der Waals surface area contributed by atoms with Gasteiger partial charge in [0.2, 0.25) is 0 Å². The summed E-state index contributed by atoms with van der Waals surface area (Å²) < 4.78 is 55.4. The summed E-state index contributed by atoms with van der Waals surface area (Å²) in [5.41, 5.74) is 6.06. The van der Waals surface area contributed by atoms with Crippen LogP contribution in [0.1, 0.15) is 42.5 Å². The van der Waals surface area contributed by atoms with E-state index < -0.39 is 52.9 Å². The number of Topliss-reactive ketones (excluding diaryl/α,β-unsaturated/α-hetero) is 1. The Kier molecular flexibility index (Phi) is 8.22. The van der Waals surface area contributed by atoms with Crippen LogP contribution in [0.4, 0.5) is 18.9 Å². The Hall–Kier alpha value is -4.38. The van der Waals surface area contributed by atoms with Gasteiger partial charge in [0, 0.05) is 33.7 Å². The highest BCUT2D eigenvalue weighted by molar-refractivity contribution is 7.10. The Labute approximate surface area is 244 Å². The van der Waals surface area contributed by atoms with Crippen molar-refractivity contribution in [1.29, 1.82) is 0 Å². The summed E-state index contributed by atoms with van der Waals surface area (Å²) in [5, 5.41) is 1.79. The molecule has 0 unspecified atom stereocenters. The summed E-state index contributed by atoms with van der Waals surface area (Å²) in [6.45, 7) is 3.11. The number of hydrogen-bond acceptors (Lipinski definition) is 8. The van der Waals surface area contributed by atoms with E-state index in [2.05, 4.69) is 0 Å². The predicted octanol–water partition coefficient (Wildman–Crippen LogP) is 5.69. The topological polar surface area (TPSA) is 98.9 Å². The molecule has 218 valence electrons. The van der Waals surface area contributed by atoms with Gasteiger partial charge in [0.1, 0.15) is 29.2 Å². The number of rotatable bonds is 7. The zero-order valence-electron chi connectivity index (χ0n) is 22.7. The monoisotopic (exact) mass is 596 g/mol. The lowest BCUT2D eigenvalue weighted by molar-refractivity contribution is -0.152. The number of carbonyl (C=O) groups is 3. The van der Waals surface area contributed by atoms with E-state index in [-0.39, 0.29) is 53.5 Å². The number of hydrogen-bond donors (Lipinski definition) is 1. The minimum Gasteiger partial charge on any atom is -0.465 e. The van der Waals surface area contributed by atoms with Crippen LogP contribution in [0.15, 0.2) is 82.6 Å². The Morgan fingerprint density at radius 3 is 2.38 bits per heavy atom. The van der Waals surface area contributed by atoms with Gasteiger partial charge in [0.25, 0.3) is 0 Å². The highest BCUT2D eigenvalue weighted by Gasteiger charge is 2.52. The lowest BCUT2D eigenvalue weighted by atomic mass is 9.68. The average Bonchev–Trinajstić information content (AvgIpc) is 3.49. The minimum atomic E-state index is -1.38. The first-order chi connectivity index (χ1) is 20.2. The Morgan fingerprint density at radius 1 is 1.00 bits per heavy atom. The van der Waals surface area contributed by atoms with Gasteiger partial charge in [0.05, 0.1) is 30.4 Å². The molecule has 7 nitrogen and oxygen atoms in total. The van der Waals surface area contributed by atoms with E-state index >= 15 is 8.78 Å². The normalized spacial score (nSPS) is 20.5. The molecule has 2 aliphatic rings. The van der Waals surface area contributed by atoms with Gasteiger partial charge >= 0.3 is 11.9 Å². The standard InChI is InChI=1S/C31H27F3N2O5S/c1-3-40-30(38)25-18(23-10-7-13-42-23)15-22-26(28(25)37)24(17-8-5-6-9-19(17)33)27(31(39)41-4-2)29(35)36(22)21-12-11-16(32)14-20(21)34/h5-14,18,24-25H,3-4,15,35H2,1-2H3/t18-,24+,25+/m1/s1. The molecule has 0 saturated heterocycles. The molecular weight excluding hydrogens is 569 g/mol. The highest BCUT2D eigenvalue weighted by Crippen LogP contribution is 2.52. The van der Waals surface area contributed by atoms with Crippen LogP contribution in [-0.2, 0) is 23.9 Å². The molecule has 0 bridgehead atoms. The number of esters is 2. The fourth-order valence-electron chi connectivity index (χ4n) is 5.67. The van der Waals surface area contributed by atoms with Crippen molar-refractivity contribution in [3.63, 3.8) is 0 Å². The zero-order valence-corrected chi connectivity index (χ0v) is 23.6. The molecule has 5 rings (SSSR count). The lowest BCUT2D eigenvalue weighted by Gasteiger charge is -2.43. The predicted molar refractivity (Wildman–Crippen MR) is 150 cm³/mol.